The first-order valence-corrected chi connectivity index (χ1v) is 5.99. The van der Waals surface area contributed by atoms with Crippen molar-refractivity contribution in [2.75, 3.05) is 6.54 Å². The average molecular weight is 238 g/mol. The molecule has 0 aliphatic heterocycles. The first-order valence-electron chi connectivity index (χ1n) is 5.99. The molecule has 2 rings (SSSR count). The van der Waals surface area contributed by atoms with Gasteiger partial charge in [0.05, 0.1) is 5.92 Å². The normalized spacial score (nSPS) is 23.9. The summed E-state index contributed by atoms with van der Waals surface area (Å²) >= 11 is 0. The van der Waals surface area contributed by atoms with Gasteiger partial charge in [0.15, 0.2) is 5.82 Å². The Morgan fingerprint density at radius 3 is 3.00 bits per heavy atom. The standard InChI is InChI=1S/C11H18N4O2/c1-7-14-10(17-15-7)5-6-13-11(16)8-3-2-4-9(8)12/h8-9H,2-6,12H2,1H3,(H,13,16). The molecule has 0 spiro atoms. The molecule has 17 heavy (non-hydrogen) atoms. The molecule has 1 amide bonds. The first kappa shape index (κ1) is 12.0. The van der Waals surface area contributed by atoms with Gasteiger partial charge in [-0.1, -0.05) is 11.6 Å². The van der Waals surface area contributed by atoms with E-state index in [1.165, 1.54) is 0 Å². The lowest BCUT2D eigenvalue weighted by molar-refractivity contribution is -0.125. The minimum absolute atomic E-state index is 0.0145. The largest absolute Gasteiger partial charge is 0.355 e. The van der Waals surface area contributed by atoms with Crippen molar-refractivity contribution < 1.29 is 9.32 Å². The van der Waals surface area contributed by atoms with Crippen LogP contribution < -0.4 is 11.1 Å². The Balaban J connectivity index is 1.73. The van der Waals surface area contributed by atoms with Crippen LogP contribution in [0.5, 0.6) is 0 Å². The number of carbonyl (C=O) groups excluding carboxylic acids is 1. The topological polar surface area (TPSA) is 94.0 Å². The van der Waals surface area contributed by atoms with Gasteiger partial charge in [0.1, 0.15) is 0 Å². The SMILES string of the molecule is Cc1noc(CCNC(=O)C2CCCC2N)n1. The number of amides is 1. The number of carbonyl (C=O) groups is 1. The van der Waals surface area contributed by atoms with Crippen LogP contribution in [-0.4, -0.2) is 28.6 Å². The lowest BCUT2D eigenvalue weighted by Crippen LogP contribution is -2.39. The Bertz CT molecular complexity index is 391. The highest BCUT2D eigenvalue weighted by Gasteiger charge is 2.29. The number of hydrogen-bond donors (Lipinski definition) is 2. The van der Waals surface area contributed by atoms with E-state index >= 15 is 0 Å². The van der Waals surface area contributed by atoms with E-state index in [-0.39, 0.29) is 17.9 Å². The Kier molecular flexibility index (Phi) is 3.73. The molecule has 0 saturated heterocycles. The summed E-state index contributed by atoms with van der Waals surface area (Å²) in [6.45, 7) is 2.28. The van der Waals surface area contributed by atoms with Crippen molar-refractivity contribution in [2.24, 2.45) is 11.7 Å². The fraction of sp³-hybridized carbons (Fsp3) is 0.727. The van der Waals surface area contributed by atoms with Gasteiger partial charge in [-0.25, -0.2) is 0 Å². The predicted molar refractivity (Wildman–Crippen MR) is 61.1 cm³/mol. The summed E-state index contributed by atoms with van der Waals surface area (Å²) in [5, 5.41) is 6.55. The highest BCUT2D eigenvalue weighted by Crippen LogP contribution is 2.23. The van der Waals surface area contributed by atoms with Crippen LogP contribution in [0.15, 0.2) is 4.52 Å². The fourth-order valence-corrected chi connectivity index (χ4v) is 2.18. The molecular weight excluding hydrogens is 220 g/mol. The number of aryl methyl sites for hydroxylation is 1. The zero-order chi connectivity index (χ0) is 12.3. The van der Waals surface area contributed by atoms with Gasteiger partial charge in [-0.2, -0.15) is 4.98 Å². The van der Waals surface area contributed by atoms with Crippen molar-refractivity contribution in [1.82, 2.24) is 15.5 Å². The van der Waals surface area contributed by atoms with E-state index in [1.807, 2.05) is 0 Å². The van der Waals surface area contributed by atoms with E-state index < -0.39 is 0 Å². The molecule has 0 aromatic carbocycles. The van der Waals surface area contributed by atoms with Gasteiger partial charge < -0.3 is 15.6 Å². The molecule has 2 atom stereocenters. The summed E-state index contributed by atoms with van der Waals surface area (Å²) in [5.74, 6) is 1.19. The highest BCUT2D eigenvalue weighted by atomic mass is 16.5. The molecule has 1 aliphatic rings. The van der Waals surface area contributed by atoms with Crippen molar-refractivity contribution in [3.05, 3.63) is 11.7 Å². The maximum atomic E-state index is 11.8. The van der Waals surface area contributed by atoms with Crippen LogP contribution in [0.2, 0.25) is 0 Å². The number of nitrogens with two attached hydrogens (primary N) is 1. The zero-order valence-corrected chi connectivity index (χ0v) is 9.98. The lowest BCUT2D eigenvalue weighted by atomic mass is 10.0. The third-order valence-electron chi connectivity index (χ3n) is 3.11. The van der Waals surface area contributed by atoms with E-state index in [2.05, 4.69) is 15.5 Å². The predicted octanol–water partition coefficient (Wildman–Crippen LogP) is 0.164. The van der Waals surface area contributed by atoms with Crippen molar-refractivity contribution in [2.45, 2.75) is 38.6 Å². The number of nitrogens with zero attached hydrogens (tertiary/aromatic N) is 2. The fourth-order valence-electron chi connectivity index (χ4n) is 2.18. The van der Waals surface area contributed by atoms with Crippen LogP contribution in [0.1, 0.15) is 31.0 Å². The van der Waals surface area contributed by atoms with E-state index in [4.69, 9.17) is 10.3 Å². The van der Waals surface area contributed by atoms with Gasteiger partial charge in [0, 0.05) is 19.0 Å². The Hall–Kier alpha value is -1.43. The van der Waals surface area contributed by atoms with Gasteiger partial charge in [0.2, 0.25) is 11.8 Å². The highest BCUT2D eigenvalue weighted by molar-refractivity contribution is 5.79. The number of rotatable bonds is 4. The van der Waals surface area contributed by atoms with Crippen molar-refractivity contribution in [3.8, 4) is 0 Å². The molecule has 1 heterocycles. The molecule has 1 aromatic heterocycles. The Morgan fingerprint density at radius 2 is 2.41 bits per heavy atom. The monoisotopic (exact) mass is 238 g/mol. The summed E-state index contributed by atoms with van der Waals surface area (Å²) in [6.07, 6.45) is 3.45. The van der Waals surface area contributed by atoms with Crippen LogP contribution in [-0.2, 0) is 11.2 Å². The average Bonchev–Trinajstić information content (AvgIpc) is 2.87. The third kappa shape index (κ3) is 3.03. The Morgan fingerprint density at radius 1 is 1.59 bits per heavy atom. The summed E-state index contributed by atoms with van der Waals surface area (Å²) in [5.41, 5.74) is 5.86. The van der Waals surface area contributed by atoms with Gasteiger partial charge in [-0.3, -0.25) is 4.79 Å². The summed E-state index contributed by atoms with van der Waals surface area (Å²) in [4.78, 5) is 15.9. The molecule has 0 bridgehead atoms. The van der Waals surface area contributed by atoms with E-state index in [1.54, 1.807) is 6.92 Å². The molecule has 2 unspecified atom stereocenters. The first-order chi connectivity index (χ1) is 8.16. The molecule has 6 nitrogen and oxygen atoms in total. The smallest absolute Gasteiger partial charge is 0.228 e. The molecule has 3 N–H and O–H groups in total. The second-order valence-electron chi connectivity index (χ2n) is 4.48. The second kappa shape index (κ2) is 5.27. The lowest BCUT2D eigenvalue weighted by Gasteiger charge is -2.14. The van der Waals surface area contributed by atoms with E-state index in [0.29, 0.717) is 24.7 Å². The summed E-state index contributed by atoms with van der Waals surface area (Å²) in [7, 11) is 0. The molecule has 1 aromatic rings. The van der Waals surface area contributed by atoms with Gasteiger partial charge in [0.25, 0.3) is 0 Å². The molecule has 1 aliphatic carbocycles. The van der Waals surface area contributed by atoms with Gasteiger partial charge in [-0.15, -0.1) is 0 Å². The van der Waals surface area contributed by atoms with E-state index in [0.717, 1.165) is 19.3 Å². The number of hydrogen-bond acceptors (Lipinski definition) is 5. The van der Waals surface area contributed by atoms with Crippen LogP contribution in [0, 0.1) is 12.8 Å². The van der Waals surface area contributed by atoms with Crippen LogP contribution in [0.3, 0.4) is 0 Å². The molecule has 1 fully saturated rings. The van der Waals surface area contributed by atoms with Crippen molar-refractivity contribution >= 4 is 5.91 Å². The second-order valence-corrected chi connectivity index (χ2v) is 4.48. The molecule has 0 radical (unpaired) electrons. The maximum absolute atomic E-state index is 11.8. The van der Waals surface area contributed by atoms with Crippen LogP contribution >= 0.6 is 0 Å². The van der Waals surface area contributed by atoms with Crippen molar-refractivity contribution in [3.63, 3.8) is 0 Å². The quantitative estimate of drug-likeness (QED) is 0.779. The number of aromatic nitrogens is 2. The minimum Gasteiger partial charge on any atom is -0.355 e. The van der Waals surface area contributed by atoms with E-state index in [9.17, 15) is 4.79 Å². The molecule has 1 saturated carbocycles. The van der Waals surface area contributed by atoms with Gasteiger partial charge >= 0.3 is 0 Å². The summed E-state index contributed by atoms with van der Waals surface area (Å²) in [6, 6.07) is 0.0145. The zero-order valence-electron chi connectivity index (χ0n) is 9.98. The number of nitrogens with one attached hydrogen (secondary N) is 1. The maximum Gasteiger partial charge on any atom is 0.228 e. The Labute approximate surface area is 99.9 Å². The summed E-state index contributed by atoms with van der Waals surface area (Å²) < 4.78 is 4.96. The van der Waals surface area contributed by atoms with Crippen LogP contribution in [0.4, 0.5) is 0 Å². The molecule has 94 valence electrons. The third-order valence-corrected chi connectivity index (χ3v) is 3.11. The molecular formula is C11H18N4O2. The van der Waals surface area contributed by atoms with Crippen molar-refractivity contribution in [1.29, 1.82) is 0 Å². The minimum atomic E-state index is -0.0283. The van der Waals surface area contributed by atoms with Gasteiger partial charge in [-0.05, 0) is 19.8 Å². The molecule has 6 heteroatoms. The van der Waals surface area contributed by atoms with Crippen LogP contribution in [0.25, 0.3) is 0 Å².